The van der Waals surface area contributed by atoms with E-state index in [2.05, 4.69) is 15.9 Å². The highest BCUT2D eigenvalue weighted by atomic mass is 79.9. The van der Waals surface area contributed by atoms with Crippen LogP contribution < -0.4 is 0 Å². The molecular formula is C9H8BrClO. The maximum atomic E-state index is 10.5. The third-order valence-corrected chi connectivity index (χ3v) is 2.43. The fourth-order valence-electron chi connectivity index (χ4n) is 0.941. The highest BCUT2D eigenvalue weighted by Crippen LogP contribution is 2.19. The van der Waals surface area contributed by atoms with Gasteiger partial charge in [0.15, 0.2) is 0 Å². The molecule has 0 aliphatic heterocycles. The number of aldehydes is 1. The Morgan fingerprint density at radius 1 is 1.58 bits per heavy atom. The van der Waals surface area contributed by atoms with E-state index in [1.54, 1.807) is 0 Å². The standard InChI is InChI=1S/C9H8BrClO/c10-9-3-1-2-7(4-9)8(5-11)6-12/h1-4,6,8H,5H2. The van der Waals surface area contributed by atoms with Crippen LogP contribution in [0, 0.1) is 0 Å². The lowest BCUT2D eigenvalue weighted by molar-refractivity contribution is -0.108. The van der Waals surface area contributed by atoms with Crippen molar-refractivity contribution in [2.45, 2.75) is 5.92 Å². The maximum Gasteiger partial charge on any atom is 0.128 e. The van der Waals surface area contributed by atoms with E-state index in [0.717, 1.165) is 16.3 Å². The Bertz CT molecular complexity index is 275. The Morgan fingerprint density at radius 3 is 2.83 bits per heavy atom. The fraction of sp³-hybridized carbons (Fsp3) is 0.222. The van der Waals surface area contributed by atoms with E-state index in [1.165, 1.54) is 0 Å². The second-order valence-corrected chi connectivity index (χ2v) is 3.68. The molecule has 0 aliphatic rings. The molecule has 1 nitrogen and oxygen atoms in total. The fourth-order valence-corrected chi connectivity index (χ4v) is 1.61. The number of carbonyl (C=O) groups is 1. The molecule has 0 spiro atoms. The van der Waals surface area contributed by atoms with Crippen molar-refractivity contribution in [3.05, 3.63) is 34.3 Å². The van der Waals surface area contributed by atoms with E-state index in [0.29, 0.717) is 5.88 Å². The molecule has 3 heteroatoms. The monoisotopic (exact) mass is 246 g/mol. The third kappa shape index (κ3) is 2.32. The van der Waals surface area contributed by atoms with Crippen LogP contribution in [0.3, 0.4) is 0 Å². The molecule has 0 radical (unpaired) electrons. The summed E-state index contributed by atoms with van der Waals surface area (Å²) in [6.45, 7) is 0. The van der Waals surface area contributed by atoms with E-state index in [9.17, 15) is 4.79 Å². The summed E-state index contributed by atoms with van der Waals surface area (Å²) in [6.07, 6.45) is 0.870. The molecule has 12 heavy (non-hydrogen) atoms. The Hall–Kier alpha value is -0.340. The van der Waals surface area contributed by atoms with Gasteiger partial charge in [-0.05, 0) is 17.7 Å². The van der Waals surface area contributed by atoms with Crippen LogP contribution in [0.15, 0.2) is 28.7 Å². The van der Waals surface area contributed by atoms with Crippen LogP contribution in [0.5, 0.6) is 0 Å². The van der Waals surface area contributed by atoms with Crippen molar-refractivity contribution in [2.24, 2.45) is 0 Å². The minimum Gasteiger partial charge on any atom is -0.303 e. The molecule has 64 valence electrons. The highest BCUT2D eigenvalue weighted by Gasteiger charge is 2.07. The van der Waals surface area contributed by atoms with Crippen LogP contribution in [-0.2, 0) is 4.79 Å². The molecule has 0 aromatic heterocycles. The lowest BCUT2D eigenvalue weighted by atomic mass is 10.0. The molecule has 1 rings (SSSR count). The molecular weight excluding hydrogens is 239 g/mol. The molecule has 0 aliphatic carbocycles. The summed E-state index contributed by atoms with van der Waals surface area (Å²) in [6, 6.07) is 7.61. The Kier molecular flexibility index (Phi) is 3.76. The van der Waals surface area contributed by atoms with Gasteiger partial charge in [-0.15, -0.1) is 11.6 Å². The number of benzene rings is 1. The minimum absolute atomic E-state index is 0.191. The second-order valence-electron chi connectivity index (χ2n) is 2.45. The van der Waals surface area contributed by atoms with Gasteiger partial charge in [-0.2, -0.15) is 0 Å². The van der Waals surface area contributed by atoms with Crippen LogP contribution in [0.1, 0.15) is 11.5 Å². The van der Waals surface area contributed by atoms with Crippen LogP contribution >= 0.6 is 27.5 Å². The Balaban J connectivity index is 2.93. The zero-order chi connectivity index (χ0) is 8.97. The van der Waals surface area contributed by atoms with Crippen LogP contribution in [0.4, 0.5) is 0 Å². The quantitative estimate of drug-likeness (QED) is 0.593. The molecule has 1 aromatic rings. The first-order valence-electron chi connectivity index (χ1n) is 3.54. The normalized spacial score (nSPS) is 12.5. The molecule has 0 N–H and O–H groups in total. The number of hydrogen-bond acceptors (Lipinski definition) is 1. The highest BCUT2D eigenvalue weighted by molar-refractivity contribution is 9.10. The van der Waals surface area contributed by atoms with Crippen molar-refractivity contribution in [1.29, 1.82) is 0 Å². The summed E-state index contributed by atoms with van der Waals surface area (Å²) in [5, 5.41) is 0. The molecule has 0 saturated carbocycles. The lowest BCUT2D eigenvalue weighted by Gasteiger charge is -2.05. The van der Waals surface area contributed by atoms with E-state index < -0.39 is 0 Å². The van der Waals surface area contributed by atoms with Gasteiger partial charge in [-0.3, -0.25) is 0 Å². The Labute approximate surface area is 84.9 Å². The van der Waals surface area contributed by atoms with Crippen molar-refractivity contribution in [1.82, 2.24) is 0 Å². The van der Waals surface area contributed by atoms with Gasteiger partial charge in [0.25, 0.3) is 0 Å². The summed E-state index contributed by atoms with van der Waals surface area (Å²) in [5.41, 5.74) is 0.953. The summed E-state index contributed by atoms with van der Waals surface area (Å²) in [4.78, 5) is 10.5. The van der Waals surface area contributed by atoms with Gasteiger partial charge < -0.3 is 4.79 Å². The van der Waals surface area contributed by atoms with Gasteiger partial charge in [0.05, 0.1) is 5.92 Å². The van der Waals surface area contributed by atoms with Gasteiger partial charge in [-0.1, -0.05) is 28.1 Å². The number of halogens is 2. The van der Waals surface area contributed by atoms with Gasteiger partial charge in [0, 0.05) is 10.4 Å². The first-order chi connectivity index (χ1) is 5.77. The third-order valence-electron chi connectivity index (χ3n) is 1.61. The summed E-state index contributed by atoms with van der Waals surface area (Å²) < 4.78 is 0.969. The summed E-state index contributed by atoms with van der Waals surface area (Å²) >= 11 is 8.94. The molecule has 1 unspecified atom stereocenters. The zero-order valence-electron chi connectivity index (χ0n) is 6.34. The van der Waals surface area contributed by atoms with Crippen LogP contribution in [0.2, 0.25) is 0 Å². The van der Waals surface area contributed by atoms with Gasteiger partial charge in [0.2, 0.25) is 0 Å². The van der Waals surface area contributed by atoms with Crippen LogP contribution in [0.25, 0.3) is 0 Å². The smallest absolute Gasteiger partial charge is 0.128 e. The van der Waals surface area contributed by atoms with Crippen molar-refractivity contribution < 1.29 is 4.79 Å². The number of alkyl halides is 1. The van der Waals surface area contributed by atoms with Crippen molar-refractivity contribution >= 4 is 33.8 Å². The predicted molar refractivity (Wildman–Crippen MR) is 53.7 cm³/mol. The predicted octanol–water partition coefficient (Wildman–Crippen LogP) is 2.97. The number of hydrogen-bond donors (Lipinski definition) is 0. The van der Waals surface area contributed by atoms with Gasteiger partial charge >= 0.3 is 0 Å². The zero-order valence-corrected chi connectivity index (χ0v) is 8.68. The molecule has 0 bridgehead atoms. The summed E-state index contributed by atoms with van der Waals surface area (Å²) in [7, 11) is 0. The Morgan fingerprint density at radius 2 is 2.33 bits per heavy atom. The first kappa shape index (κ1) is 9.75. The maximum absolute atomic E-state index is 10.5. The molecule has 1 atom stereocenters. The van der Waals surface area contributed by atoms with Gasteiger partial charge in [-0.25, -0.2) is 0 Å². The molecule has 0 saturated heterocycles. The molecule has 0 amide bonds. The average molecular weight is 248 g/mol. The lowest BCUT2D eigenvalue weighted by Crippen LogP contribution is -2.01. The van der Waals surface area contributed by atoms with Crippen LogP contribution in [-0.4, -0.2) is 12.2 Å². The molecule has 1 aromatic carbocycles. The molecule has 0 fully saturated rings. The molecule has 0 heterocycles. The minimum atomic E-state index is -0.191. The first-order valence-corrected chi connectivity index (χ1v) is 4.87. The number of rotatable bonds is 3. The van der Waals surface area contributed by atoms with E-state index >= 15 is 0 Å². The van der Waals surface area contributed by atoms with E-state index in [-0.39, 0.29) is 5.92 Å². The summed E-state index contributed by atoms with van der Waals surface area (Å²) in [5.74, 6) is 0.143. The topological polar surface area (TPSA) is 17.1 Å². The number of carbonyl (C=O) groups excluding carboxylic acids is 1. The van der Waals surface area contributed by atoms with Crippen molar-refractivity contribution in [2.75, 3.05) is 5.88 Å². The SMILES string of the molecule is O=CC(CCl)c1cccc(Br)c1. The van der Waals surface area contributed by atoms with Crippen molar-refractivity contribution in [3.8, 4) is 0 Å². The average Bonchev–Trinajstić information content (AvgIpc) is 2.07. The van der Waals surface area contributed by atoms with Crippen molar-refractivity contribution in [3.63, 3.8) is 0 Å². The van der Waals surface area contributed by atoms with E-state index in [4.69, 9.17) is 11.6 Å². The van der Waals surface area contributed by atoms with Gasteiger partial charge in [0.1, 0.15) is 6.29 Å². The second kappa shape index (κ2) is 4.63. The van der Waals surface area contributed by atoms with E-state index in [1.807, 2.05) is 24.3 Å². The largest absolute Gasteiger partial charge is 0.303 e.